The molecule has 1 aliphatic rings. The van der Waals surface area contributed by atoms with E-state index >= 15 is 0 Å². The standard InChI is InChI=1S/C15H20ClFN2O3/c1-22-15(21)14(18)8-4-2-3-5-11(8)19-12-7-13(20)9(16)6-10(12)17/h6-8,11,14,19-20H,2-5,18H2,1H3. The van der Waals surface area contributed by atoms with Gasteiger partial charge >= 0.3 is 5.97 Å². The molecule has 0 radical (unpaired) electrons. The van der Waals surface area contributed by atoms with Crippen LogP contribution in [0.1, 0.15) is 25.7 Å². The monoisotopic (exact) mass is 330 g/mol. The Morgan fingerprint density at radius 3 is 2.86 bits per heavy atom. The van der Waals surface area contributed by atoms with Crippen molar-refractivity contribution in [1.29, 1.82) is 0 Å². The topological polar surface area (TPSA) is 84.6 Å². The maximum absolute atomic E-state index is 14.0. The Morgan fingerprint density at radius 2 is 2.18 bits per heavy atom. The van der Waals surface area contributed by atoms with E-state index in [1.54, 1.807) is 0 Å². The van der Waals surface area contributed by atoms with Gasteiger partial charge in [-0.25, -0.2) is 4.39 Å². The van der Waals surface area contributed by atoms with Crippen molar-refractivity contribution >= 4 is 23.3 Å². The van der Waals surface area contributed by atoms with Gasteiger partial charge in [0.1, 0.15) is 17.6 Å². The summed E-state index contributed by atoms with van der Waals surface area (Å²) in [6, 6.07) is 1.37. The maximum Gasteiger partial charge on any atom is 0.323 e. The highest BCUT2D eigenvalue weighted by atomic mass is 35.5. The molecule has 3 unspecified atom stereocenters. The first-order valence-electron chi connectivity index (χ1n) is 7.22. The number of carbonyl (C=O) groups is 1. The highest BCUT2D eigenvalue weighted by Gasteiger charge is 2.34. The number of hydrogen-bond acceptors (Lipinski definition) is 5. The lowest BCUT2D eigenvalue weighted by atomic mass is 9.80. The van der Waals surface area contributed by atoms with Crippen LogP contribution in [0.2, 0.25) is 5.02 Å². The molecule has 1 aromatic carbocycles. The van der Waals surface area contributed by atoms with Gasteiger partial charge in [0.2, 0.25) is 0 Å². The molecule has 0 saturated heterocycles. The number of phenols is 1. The van der Waals surface area contributed by atoms with E-state index in [9.17, 15) is 14.3 Å². The van der Waals surface area contributed by atoms with Crippen LogP contribution < -0.4 is 11.1 Å². The second-order valence-corrected chi connectivity index (χ2v) is 5.94. The molecule has 2 rings (SSSR count). The fourth-order valence-electron chi connectivity index (χ4n) is 2.93. The van der Waals surface area contributed by atoms with E-state index in [0.717, 1.165) is 31.7 Å². The van der Waals surface area contributed by atoms with Crippen molar-refractivity contribution in [3.05, 3.63) is 23.0 Å². The number of aromatic hydroxyl groups is 1. The number of phenolic OH excluding ortho intramolecular Hbond substituents is 1. The summed E-state index contributed by atoms with van der Waals surface area (Å²) in [6.45, 7) is 0. The summed E-state index contributed by atoms with van der Waals surface area (Å²) in [5.74, 6) is -1.38. The summed E-state index contributed by atoms with van der Waals surface area (Å²) in [6.07, 6.45) is 3.44. The third-order valence-electron chi connectivity index (χ3n) is 4.13. The number of benzene rings is 1. The molecule has 0 spiro atoms. The third-order valence-corrected chi connectivity index (χ3v) is 4.43. The average Bonchev–Trinajstić information content (AvgIpc) is 2.51. The second kappa shape index (κ2) is 7.15. The minimum atomic E-state index is -0.758. The first kappa shape index (κ1) is 16.8. The number of carbonyl (C=O) groups excluding carboxylic acids is 1. The van der Waals surface area contributed by atoms with Gasteiger partial charge < -0.3 is 20.9 Å². The zero-order valence-corrected chi connectivity index (χ0v) is 13.1. The van der Waals surface area contributed by atoms with Crippen LogP contribution in [0, 0.1) is 11.7 Å². The number of anilines is 1. The summed E-state index contributed by atoms with van der Waals surface area (Å²) in [5, 5.41) is 12.6. The van der Waals surface area contributed by atoms with Crippen molar-refractivity contribution in [1.82, 2.24) is 0 Å². The Kier molecular flexibility index (Phi) is 5.47. The van der Waals surface area contributed by atoms with E-state index in [-0.39, 0.29) is 28.4 Å². The number of esters is 1. The van der Waals surface area contributed by atoms with Crippen LogP contribution >= 0.6 is 11.6 Å². The Morgan fingerprint density at radius 1 is 1.50 bits per heavy atom. The van der Waals surface area contributed by atoms with E-state index < -0.39 is 17.8 Å². The van der Waals surface area contributed by atoms with E-state index in [1.165, 1.54) is 13.2 Å². The molecule has 3 atom stereocenters. The van der Waals surface area contributed by atoms with Crippen LogP contribution in [-0.4, -0.2) is 30.3 Å². The van der Waals surface area contributed by atoms with Crippen molar-refractivity contribution in [2.45, 2.75) is 37.8 Å². The van der Waals surface area contributed by atoms with Crippen LogP contribution in [0.3, 0.4) is 0 Å². The number of rotatable bonds is 4. The predicted molar refractivity (Wildman–Crippen MR) is 82.4 cm³/mol. The Bertz CT molecular complexity index is 556. The van der Waals surface area contributed by atoms with Crippen LogP contribution in [0.5, 0.6) is 5.75 Å². The summed E-state index contributed by atoms with van der Waals surface area (Å²) in [5.41, 5.74) is 6.11. The molecule has 22 heavy (non-hydrogen) atoms. The van der Waals surface area contributed by atoms with Crippen LogP contribution in [0.15, 0.2) is 12.1 Å². The second-order valence-electron chi connectivity index (χ2n) is 5.53. The lowest BCUT2D eigenvalue weighted by molar-refractivity contribution is -0.143. The van der Waals surface area contributed by atoms with Crippen molar-refractivity contribution < 1.29 is 19.0 Å². The molecule has 1 aromatic rings. The number of nitrogens with two attached hydrogens (primary N) is 1. The van der Waals surface area contributed by atoms with Crippen molar-refractivity contribution in [3.63, 3.8) is 0 Å². The molecule has 7 heteroatoms. The number of hydrogen-bond donors (Lipinski definition) is 3. The van der Waals surface area contributed by atoms with E-state index in [4.69, 9.17) is 22.1 Å². The molecule has 0 aromatic heterocycles. The van der Waals surface area contributed by atoms with Gasteiger partial charge in [0.15, 0.2) is 0 Å². The molecular formula is C15H20ClFN2O3. The molecule has 0 aliphatic heterocycles. The SMILES string of the molecule is COC(=O)C(N)C1CCCCC1Nc1cc(O)c(Cl)cc1F. The smallest absolute Gasteiger partial charge is 0.323 e. The Labute approximate surface area is 133 Å². The minimum Gasteiger partial charge on any atom is -0.506 e. The first-order valence-corrected chi connectivity index (χ1v) is 7.59. The lowest BCUT2D eigenvalue weighted by Gasteiger charge is -2.35. The Balaban J connectivity index is 2.18. The van der Waals surface area contributed by atoms with Gasteiger partial charge in [0.05, 0.1) is 17.8 Å². The number of nitrogens with one attached hydrogen (secondary N) is 1. The van der Waals surface area contributed by atoms with E-state index in [2.05, 4.69) is 5.32 Å². The largest absolute Gasteiger partial charge is 0.506 e. The molecule has 1 aliphatic carbocycles. The van der Waals surface area contributed by atoms with Crippen LogP contribution in [-0.2, 0) is 9.53 Å². The molecule has 0 bridgehead atoms. The summed E-state index contributed by atoms with van der Waals surface area (Å²) in [4.78, 5) is 11.7. The van der Waals surface area contributed by atoms with Crippen LogP contribution in [0.4, 0.5) is 10.1 Å². The predicted octanol–water partition coefficient (Wildman–Crippen LogP) is 2.66. The normalized spacial score (nSPS) is 22.9. The summed E-state index contributed by atoms with van der Waals surface area (Å²) in [7, 11) is 1.30. The molecule has 5 nitrogen and oxygen atoms in total. The molecule has 0 heterocycles. The van der Waals surface area contributed by atoms with E-state index in [0.29, 0.717) is 0 Å². The Hall–Kier alpha value is -1.53. The van der Waals surface area contributed by atoms with Crippen molar-refractivity contribution in [2.75, 3.05) is 12.4 Å². The maximum atomic E-state index is 14.0. The number of halogens is 2. The fourth-order valence-corrected chi connectivity index (χ4v) is 3.08. The molecule has 0 amide bonds. The van der Waals surface area contributed by atoms with Gasteiger partial charge in [0, 0.05) is 18.0 Å². The van der Waals surface area contributed by atoms with Gasteiger partial charge in [-0.15, -0.1) is 0 Å². The van der Waals surface area contributed by atoms with Crippen molar-refractivity contribution in [2.24, 2.45) is 11.7 Å². The van der Waals surface area contributed by atoms with Gasteiger partial charge in [-0.05, 0) is 18.9 Å². The summed E-state index contributed by atoms with van der Waals surface area (Å²) >= 11 is 5.67. The van der Waals surface area contributed by atoms with Gasteiger partial charge in [0.25, 0.3) is 0 Å². The quantitative estimate of drug-likeness (QED) is 0.739. The lowest BCUT2D eigenvalue weighted by Crippen LogP contribution is -2.48. The zero-order valence-electron chi connectivity index (χ0n) is 12.3. The molecule has 1 fully saturated rings. The molecular weight excluding hydrogens is 311 g/mol. The van der Waals surface area contributed by atoms with Gasteiger partial charge in [-0.1, -0.05) is 24.4 Å². The third kappa shape index (κ3) is 3.62. The highest BCUT2D eigenvalue weighted by molar-refractivity contribution is 6.32. The van der Waals surface area contributed by atoms with Crippen LogP contribution in [0.25, 0.3) is 0 Å². The fraction of sp³-hybridized carbons (Fsp3) is 0.533. The first-order chi connectivity index (χ1) is 10.4. The molecule has 4 N–H and O–H groups in total. The van der Waals surface area contributed by atoms with Gasteiger partial charge in [-0.3, -0.25) is 4.79 Å². The molecule has 122 valence electrons. The number of ether oxygens (including phenoxy) is 1. The number of methoxy groups -OCH3 is 1. The van der Waals surface area contributed by atoms with E-state index in [1.807, 2.05) is 0 Å². The minimum absolute atomic E-state index is 0.0468. The van der Waals surface area contributed by atoms with Crippen molar-refractivity contribution in [3.8, 4) is 5.75 Å². The molecule has 1 saturated carbocycles. The highest BCUT2D eigenvalue weighted by Crippen LogP contribution is 2.33. The zero-order chi connectivity index (χ0) is 16.3. The van der Waals surface area contributed by atoms with Gasteiger partial charge in [-0.2, -0.15) is 0 Å². The summed E-state index contributed by atoms with van der Waals surface area (Å²) < 4.78 is 18.7. The average molecular weight is 331 g/mol.